The van der Waals surface area contributed by atoms with Crippen molar-refractivity contribution in [1.29, 1.82) is 0 Å². The van der Waals surface area contributed by atoms with Crippen molar-refractivity contribution in [2.24, 2.45) is 5.73 Å². The maximum atomic E-state index is 10.4. The first-order valence-corrected chi connectivity index (χ1v) is 4.68. The van der Waals surface area contributed by atoms with Crippen LogP contribution in [-0.2, 0) is 11.2 Å². The number of hydrogen-bond donors (Lipinski definition) is 2. The smallest absolute Gasteiger partial charge is 0.304 e. The minimum Gasteiger partial charge on any atom is -0.481 e. The Hall–Kier alpha value is -1.06. The molecular weight excluding hydrogens is 202 g/mol. The van der Waals surface area contributed by atoms with Crippen LogP contribution in [0.4, 0.5) is 0 Å². The average Bonchev–Trinajstić information content (AvgIpc) is 2.07. The summed E-state index contributed by atoms with van der Waals surface area (Å²) in [5, 5.41) is 9.15. The first kappa shape index (κ1) is 11.0. The largest absolute Gasteiger partial charge is 0.481 e. The van der Waals surface area contributed by atoms with E-state index in [1.54, 1.807) is 6.07 Å². The second-order valence-corrected chi connectivity index (χ2v) is 3.56. The van der Waals surface area contributed by atoms with Crippen molar-refractivity contribution >= 4 is 17.6 Å². The van der Waals surface area contributed by atoms with E-state index in [2.05, 4.69) is 0 Å². The van der Waals surface area contributed by atoms with Crippen LogP contribution >= 0.6 is 11.6 Å². The molecule has 1 unspecified atom stereocenters. The van der Waals surface area contributed by atoms with Gasteiger partial charge in [-0.1, -0.05) is 29.8 Å². The molecule has 0 aliphatic carbocycles. The van der Waals surface area contributed by atoms with E-state index in [9.17, 15) is 4.79 Å². The number of carbonyl (C=O) groups is 1. The van der Waals surface area contributed by atoms with Crippen molar-refractivity contribution in [1.82, 2.24) is 0 Å². The number of nitrogens with two attached hydrogens (primary N) is 1. The summed E-state index contributed by atoms with van der Waals surface area (Å²) in [7, 11) is 0. The van der Waals surface area contributed by atoms with E-state index in [4.69, 9.17) is 22.4 Å². The predicted molar refractivity (Wildman–Crippen MR) is 55.4 cm³/mol. The van der Waals surface area contributed by atoms with Crippen molar-refractivity contribution in [2.45, 2.75) is 18.9 Å². The van der Waals surface area contributed by atoms with E-state index in [0.29, 0.717) is 11.4 Å². The van der Waals surface area contributed by atoms with Crippen LogP contribution in [0.3, 0.4) is 0 Å². The Morgan fingerprint density at radius 1 is 1.50 bits per heavy atom. The fraction of sp³-hybridized carbons (Fsp3) is 0.300. The highest BCUT2D eigenvalue weighted by atomic mass is 35.5. The third-order valence-electron chi connectivity index (χ3n) is 1.88. The van der Waals surface area contributed by atoms with Gasteiger partial charge in [0.25, 0.3) is 0 Å². The van der Waals surface area contributed by atoms with Gasteiger partial charge in [0, 0.05) is 11.1 Å². The van der Waals surface area contributed by atoms with Gasteiger partial charge in [-0.25, -0.2) is 0 Å². The molecular formula is C10H12ClNO2. The van der Waals surface area contributed by atoms with E-state index in [-0.39, 0.29) is 12.5 Å². The summed E-state index contributed by atoms with van der Waals surface area (Å²) in [6.45, 7) is 0. The molecule has 0 aliphatic rings. The quantitative estimate of drug-likeness (QED) is 0.800. The van der Waals surface area contributed by atoms with E-state index in [1.165, 1.54) is 0 Å². The SMILES string of the molecule is NC(CC(=O)O)Cc1ccccc1Cl. The van der Waals surface area contributed by atoms with Crippen LogP contribution in [0, 0.1) is 0 Å². The Balaban J connectivity index is 2.60. The van der Waals surface area contributed by atoms with Crippen molar-refractivity contribution in [3.05, 3.63) is 34.9 Å². The molecule has 0 fully saturated rings. The second kappa shape index (κ2) is 4.98. The highest BCUT2D eigenvalue weighted by Crippen LogP contribution is 2.16. The standard InChI is InChI=1S/C10H12ClNO2/c11-9-4-2-1-3-7(9)5-8(12)6-10(13)14/h1-4,8H,5-6,12H2,(H,13,14). The minimum absolute atomic E-state index is 0.0365. The van der Waals surface area contributed by atoms with E-state index >= 15 is 0 Å². The molecule has 1 aromatic carbocycles. The fourth-order valence-electron chi connectivity index (χ4n) is 1.24. The summed E-state index contributed by atoms with van der Waals surface area (Å²) in [5.74, 6) is -0.885. The van der Waals surface area contributed by atoms with Crippen LogP contribution in [0.25, 0.3) is 0 Å². The fourth-order valence-corrected chi connectivity index (χ4v) is 1.46. The molecule has 0 radical (unpaired) electrons. The Morgan fingerprint density at radius 3 is 2.71 bits per heavy atom. The Kier molecular flexibility index (Phi) is 3.92. The van der Waals surface area contributed by atoms with Crippen LogP contribution in [-0.4, -0.2) is 17.1 Å². The van der Waals surface area contributed by atoms with Gasteiger partial charge in [-0.05, 0) is 18.1 Å². The molecule has 4 heteroatoms. The van der Waals surface area contributed by atoms with Gasteiger partial charge < -0.3 is 10.8 Å². The lowest BCUT2D eigenvalue weighted by atomic mass is 10.0. The molecule has 0 saturated heterocycles. The number of benzene rings is 1. The van der Waals surface area contributed by atoms with Gasteiger partial charge in [-0.2, -0.15) is 0 Å². The topological polar surface area (TPSA) is 63.3 Å². The zero-order valence-corrected chi connectivity index (χ0v) is 8.37. The summed E-state index contributed by atoms with van der Waals surface area (Å²) in [6.07, 6.45) is 0.456. The number of carboxylic acids is 1. The molecule has 0 heterocycles. The predicted octanol–water partition coefficient (Wildman–Crippen LogP) is 1.68. The molecule has 0 saturated carbocycles. The van der Waals surface area contributed by atoms with Gasteiger partial charge in [0.1, 0.15) is 0 Å². The number of rotatable bonds is 4. The number of carboxylic acid groups (broad SMARTS) is 1. The van der Waals surface area contributed by atoms with Crippen LogP contribution in [0.1, 0.15) is 12.0 Å². The molecule has 1 rings (SSSR count). The van der Waals surface area contributed by atoms with Gasteiger partial charge in [0.2, 0.25) is 0 Å². The molecule has 14 heavy (non-hydrogen) atoms. The van der Waals surface area contributed by atoms with Gasteiger partial charge >= 0.3 is 5.97 Å². The zero-order valence-electron chi connectivity index (χ0n) is 7.61. The third kappa shape index (κ3) is 3.36. The molecule has 3 nitrogen and oxygen atoms in total. The zero-order chi connectivity index (χ0) is 10.6. The molecule has 0 spiro atoms. The molecule has 76 valence electrons. The van der Waals surface area contributed by atoms with Crippen LogP contribution in [0.15, 0.2) is 24.3 Å². The highest BCUT2D eigenvalue weighted by Gasteiger charge is 2.10. The van der Waals surface area contributed by atoms with Crippen LogP contribution < -0.4 is 5.73 Å². The monoisotopic (exact) mass is 213 g/mol. The van der Waals surface area contributed by atoms with Crippen molar-refractivity contribution < 1.29 is 9.90 Å². The van der Waals surface area contributed by atoms with Gasteiger partial charge in [-0.15, -0.1) is 0 Å². The first-order chi connectivity index (χ1) is 6.59. The third-order valence-corrected chi connectivity index (χ3v) is 2.25. The highest BCUT2D eigenvalue weighted by molar-refractivity contribution is 6.31. The van der Waals surface area contributed by atoms with Crippen LogP contribution in [0.5, 0.6) is 0 Å². The maximum Gasteiger partial charge on any atom is 0.304 e. The molecule has 0 bridgehead atoms. The van der Waals surface area contributed by atoms with Gasteiger partial charge in [0.05, 0.1) is 6.42 Å². The summed E-state index contributed by atoms with van der Waals surface area (Å²) in [5.41, 5.74) is 6.53. The van der Waals surface area contributed by atoms with E-state index in [0.717, 1.165) is 5.56 Å². The summed E-state index contributed by atoms with van der Waals surface area (Å²) in [4.78, 5) is 10.4. The lowest BCUT2D eigenvalue weighted by molar-refractivity contribution is -0.137. The Morgan fingerprint density at radius 2 is 2.14 bits per heavy atom. The van der Waals surface area contributed by atoms with Gasteiger partial charge in [-0.3, -0.25) is 4.79 Å². The minimum atomic E-state index is -0.885. The molecule has 1 aromatic rings. The Bertz CT molecular complexity index is 328. The van der Waals surface area contributed by atoms with Crippen molar-refractivity contribution in [2.75, 3.05) is 0 Å². The summed E-state index contributed by atoms with van der Waals surface area (Å²) in [6, 6.07) is 6.92. The lowest BCUT2D eigenvalue weighted by Crippen LogP contribution is -2.26. The van der Waals surface area contributed by atoms with Crippen molar-refractivity contribution in [3.63, 3.8) is 0 Å². The summed E-state index contributed by atoms with van der Waals surface area (Å²) < 4.78 is 0. The molecule has 0 aliphatic heterocycles. The molecule has 0 amide bonds. The maximum absolute atomic E-state index is 10.4. The van der Waals surface area contributed by atoms with E-state index in [1.807, 2.05) is 18.2 Å². The average molecular weight is 214 g/mol. The molecule has 0 aromatic heterocycles. The number of halogens is 1. The van der Waals surface area contributed by atoms with Crippen LogP contribution in [0.2, 0.25) is 5.02 Å². The molecule has 3 N–H and O–H groups in total. The lowest BCUT2D eigenvalue weighted by Gasteiger charge is -2.09. The number of hydrogen-bond acceptors (Lipinski definition) is 2. The van der Waals surface area contributed by atoms with Gasteiger partial charge in [0.15, 0.2) is 0 Å². The van der Waals surface area contributed by atoms with Crippen molar-refractivity contribution in [3.8, 4) is 0 Å². The second-order valence-electron chi connectivity index (χ2n) is 3.15. The number of aliphatic carboxylic acids is 1. The van der Waals surface area contributed by atoms with E-state index < -0.39 is 5.97 Å². The summed E-state index contributed by atoms with van der Waals surface area (Å²) >= 11 is 5.90. The first-order valence-electron chi connectivity index (χ1n) is 4.30. The normalized spacial score (nSPS) is 12.4. The molecule has 1 atom stereocenters. The Labute approximate surface area is 87.5 Å².